The van der Waals surface area contributed by atoms with Crippen LogP contribution >= 0.6 is 0 Å². The number of nitrogens with one attached hydrogen (secondary N) is 2. The molecular formula is C28H33N7O. The largest absolute Gasteiger partial charge is 0.378 e. The number of pyridine rings is 2. The van der Waals surface area contributed by atoms with Gasteiger partial charge in [0.1, 0.15) is 5.82 Å². The molecule has 0 saturated carbocycles. The summed E-state index contributed by atoms with van der Waals surface area (Å²) in [4.78, 5) is 29.7. The molecule has 5 rings (SSSR count). The Labute approximate surface area is 211 Å². The zero-order valence-electron chi connectivity index (χ0n) is 21.6. The van der Waals surface area contributed by atoms with Crippen molar-refractivity contribution in [1.82, 2.24) is 29.7 Å². The number of nitrogens with zero attached hydrogens (tertiary/aromatic N) is 5. The average Bonchev–Trinajstić information content (AvgIpc) is 3.19. The Morgan fingerprint density at radius 3 is 2.61 bits per heavy atom. The van der Waals surface area contributed by atoms with E-state index >= 15 is 0 Å². The highest BCUT2D eigenvalue weighted by molar-refractivity contribution is 6.07. The first kappa shape index (κ1) is 23.9. The number of aryl methyl sites for hydroxylation is 3. The molecule has 0 spiro atoms. The summed E-state index contributed by atoms with van der Waals surface area (Å²) >= 11 is 0. The van der Waals surface area contributed by atoms with E-state index in [-0.39, 0.29) is 5.91 Å². The van der Waals surface area contributed by atoms with Crippen molar-refractivity contribution in [3.05, 3.63) is 70.9 Å². The molecule has 8 nitrogen and oxygen atoms in total. The number of fused-ring (bicyclic) bond motifs is 1. The summed E-state index contributed by atoms with van der Waals surface area (Å²) in [6.07, 6.45) is 2.70. The van der Waals surface area contributed by atoms with Crippen molar-refractivity contribution in [3.8, 4) is 11.4 Å². The zero-order valence-corrected chi connectivity index (χ0v) is 21.6. The van der Waals surface area contributed by atoms with Crippen LogP contribution in [0.15, 0.2) is 42.6 Å². The van der Waals surface area contributed by atoms with Crippen LogP contribution in [-0.4, -0.2) is 56.5 Å². The highest BCUT2D eigenvalue weighted by Crippen LogP contribution is 2.28. The van der Waals surface area contributed by atoms with Gasteiger partial charge in [0, 0.05) is 39.0 Å². The molecule has 1 aliphatic heterocycles. The van der Waals surface area contributed by atoms with Gasteiger partial charge in [-0.2, -0.15) is 0 Å². The number of hydrogen-bond donors (Lipinski definition) is 2. The number of benzene rings is 1. The Hall–Kier alpha value is -3.78. The van der Waals surface area contributed by atoms with Crippen molar-refractivity contribution in [2.24, 2.45) is 7.05 Å². The first-order valence-electron chi connectivity index (χ1n) is 12.5. The number of aromatic nitrogens is 4. The Bertz CT molecular complexity index is 1440. The molecule has 1 amide bonds. The van der Waals surface area contributed by atoms with E-state index < -0.39 is 0 Å². The van der Waals surface area contributed by atoms with Crippen molar-refractivity contribution in [3.63, 3.8) is 0 Å². The molecule has 0 aliphatic carbocycles. The summed E-state index contributed by atoms with van der Waals surface area (Å²) in [5.41, 5.74) is 6.88. The van der Waals surface area contributed by atoms with Gasteiger partial charge in [0.2, 0.25) is 0 Å². The lowest BCUT2D eigenvalue weighted by atomic mass is 10.0. The molecule has 4 aromatic rings. The Balaban J connectivity index is 1.50. The Kier molecular flexibility index (Phi) is 6.45. The van der Waals surface area contributed by atoms with E-state index in [4.69, 9.17) is 9.97 Å². The molecule has 2 N–H and O–H groups in total. The Morgan fingerprint density at radius 2 is 1.94 bits per heavy atom. The van der Waals surface area contributed by atoms with E-state index in [1.807, 2.05) is 64.5 Å². The molecule has 1 fully saturated rings. The molecule has 1 aromatic carbocycles. The van der Waals surface area contributed by atoms with Gasteiger partial charge in [-0.1, -0.05) is 18.6 Å². The van der Waals surface area contributed by atoms with Crippen LogP contribution in [0, 0.1) is 13.8 Å². The fourth-order valence-corrected chi connectivity index (χ4v) is 4.60. The van der Waals surface area contributed by atoms with E-state index in [1.165, 1.54) is 0 Å². The van der Waals surface area contributed by atoms with Crippen LogP contribution in [0.4, 0.5) is 5.69 Å². The van der Waals surface area contributed by atoms with Gasteiger partial charge in [-0.05, 0) is 44.2 Å². The van der Waals surface area contributed by atoms with Gasteiger partial charge in [0.25, 0.3) is 5.91 Å². The minimum Gasteiger partial charge on any atom is -0.378 e. The van der Waals surface area contributed by atoms with Gasteiger partial charge >= 0.3 is 0 Å². The molecule has 186 valence electrons. The van der Waals surface area contributed by atoms with Crippen molar-refractivity contribution in [2.75, 3.05) is 25.5 Å². The summed E-state index contributed by atoms with van der Waals surface area (Å²) in [5.74, 6) is 0.951. The number of rotatable bonds is 7. The second kappa shape index (κ2) is 9.70. The summed E-state index contributed by atoms with van der Waals surface area (Å²) < 4.78 is 2.06. The quantitative estimate of drug-likeness (QED) is 0.415. The lowest BCUT2D eigenvalue weighted by molar-refractivity contribution is 0.0784. The van der Waals surface area contributed by atoms with Gasteiger partial charge in [0.05, 0.1) is 58.3 Å². The average molecular weight is 484 g/mol. The highest BCUT2D eigenvalue weighted by atomic mass is 16.2. The molecule has 0 radical (unpaired) electrons. The van der Waals surface area contributed by atoms with Crippen LogP contribution in [-0.2, 0) is 20.0 Å². The lowest BCUT2D eigenvalue weighted by Gasteiger charge is -2.29. The first-order valence-corrected chi connectivity index (χ1v) is 12.5. The van der Waals surface area contributed by atoms with Gasteiger partial charge in [-0.3, -0.25) is 4.79 Å². The first-order chi connectivity index (χ1) is 17.3. The van der Waals surface area contributed by atoms with Crippen LogP contribution in [0.25, 0.3) is 22.3 Å². The van der Waals surface area contributed by atoms with Crippen LogP contribution in [0.5, 0.6) is 0 Å². The fourth-order valence-electron chi connectivity index (χ4n) is 4.60. The second-order valence-corrected chi connectivity index (χ2v) is 9.64. The maximum absolute atomic E-state index is 13.8. The maximum Gasteiger partial charge on any atom is 0.254 e. The summed E-state index contributed by atoms with van der Waals surface area (Å²) in [6, 6.07) is 12.4. The third kappa shape index (κ3) is 4.56. The molecule has 1 aliphatic rings. The monoisotopic (exact) mass is 483 g/mol. The van der Waals surface area contributed by atoms with E-state index in [1.54, 1.807) is 4.90 Å². The topological polar surface area (TPSA) is 88.0 Å². The van der Waals surface area contributed by atoms with E-state index in [0.717, 1.165) is 64.6 Å². The molecule has 4 heterocycles. The smallest absolute Gasteiger partial charge is 0.254 e. The second-order valence-electron chi connectivity index (χ2n) is 9.64. The number of carbonyl (C=O) groups is 1. The van der Waals surface area contributed by atoms with Gasteiger partial charge < -0.3 is 20.1 Å². The maximum atomic E-state index is 13.8. The van der Waals surface area contributed by atoms with Crippen LogP contribution < -0.4 is 10.6 Å². The molecule has 3 aromatic heterocycles. The van der Waals surface area contributed by atoms with Gasteiger partial charge in [-0.25, -0.2) is 15.0 Å². The van der Waals surface area contributed by atoms with Crippen LogP contribution in [0.3, 0.4) is 0 Å². The molecule has 8 heteroatoms. The highest BCUT2D eigenvalue weighted by Gasteiger charge is 2.21. The SMILES string of the molecule is CCc1ncc(CN(C)C(=O)c2cc(-c3ccc(NC4CNC4)c(C)n3)nc3ccc(C)cc23)n1C. The third-order valence-corrected chi connectivity index (χ3v) is 6.93. The molecule has 0 bridgehead atoms. The van der Waals surface area contributed by atoms with E-state index in [2.05, 4.69) is 33.2 Å². The van der Waals surface area contributed by atoms with Crippen molar-refractivity contribution in [2.45, 2.75) is 39.8 Å². The third-order valence-electron chi connectivity index (χ3n) is 6.93. The van der Waals surface area contributed by atoms with Crippen LogP contribution in [0.1, 0.15) is 40.1 Å². The van der Waals surface area contributed by atoms with E-state index in [0.29, 0.717) is 23.8 Å². The fraction of sp³-hybridized carbons (Fsp3) is 0.357. The molecule has 0 atom stereocenters. The summed E-state index contributed by atoms with van der Waals surface area (Å²) in [5, 5.41) is 7.65. The lowest BCUT2D eigenvalue weighted by Crippen LogP contribution is -2.51. The molecular weight excluding hydrogens is 450 g/mol. The number of amides is 1. The predicted molar refractivity (Wildman–Crippen MR) is 143 cm³/mol. The molecule has 36 heavy (non-hydrogen) atoms. The summed E-state index contributed by atoms with van der Waals surface area (Å²) in [7, 11) is 3.83. The number of anilines is 1. The normalized spacial score (nSPS) is 13.6. The van der Waals surface area contributed by atoms with Crippen molar-refractivity contribution < 1.29 is 4.79 Å². The van der Waals surface area contributed by atoms with Gasteiger partial charge in [0.15, 0.2) is 0 Å². The number of carbonyl (C=O) groups excluding carboxylic acids is 1. The number of hydrogen-bond acceptors (Lipinski definition) is 6. The Morgan fingerprint density at radius 1 is 1.14 bits per heavy atom. The van der Waals surface area contributed by atoms with Crippen molar-refractivity contribution in [1.29, 1.82) is 0 Å². The van der Waals surface area contributed by atoms with Crippen LogP contribution in [0.2, 0.25) is 0 Å². The minimum atomic E-state index is -0.0546. The zero-order chi connectivity index (χ0) is 25.4. The predicted octanol–water partition coefficient (Wildman–Crippen LogP) is 3.87. The number of imidazole rings is 1. The molecule has 1 saturated heterocycles. The molecule has 0 unspecified atom stereocenters. The van der Waals surface area contributed by atoms with Gasteiger partial charge in [-0.15, -0.1) is 0 Å². The standard InChI is InChI=1S/C28H33N7O/c1-6-27-30-15-20(35(27)5)16-34(4)28(36)22-12-26(33-24-8-7-17(2)11-21(22)24)25-10-9-23(18(3)31-25)32-19-13-29-14-19/h7-12,15,19,29,32H,6,13-14,16H2,1-5H3. The summed E-state index contributed by atoms with van der Waals surface area (Å²) in [6.45, 7) is 8.51. The van der Waals surface area contributed by atoms with E-state index in [9.17, 15) is 4.79 Å². The minimum absolute atomic E-state index is 0.0546. The van der Waals surface area contributed by atoms with Crippen molar-refractivity contribution >= 4 is 22.5 Å².